The second-order valence-electron chi connectivity index (χ2n) is 4.98. The van der Waals surface area contributed by atoms with Crippen LogP contribution < -0.4 is 16.0 Å². The molecule has 23 heavy (non-hydrogen) atoms. The first-order valence-corrected chi connectivity index (χ1v) is 7.98. The number of anilines is 2. The summed E-state index contributed by atoms with van der Waals surface area (Å²) in [5.74, 6) is -0.519. The molecule has 0 spiro atoms. The number of piperidine rings is 1. The lowest BCUT2D eigenvalue weighted by Gasteiger charge is -2.24. The van der Waals surface area contributed by atoms with Crippen LogP contribution in [0.4, 0.5) is 11.4 Å². The molecule has 3 N–H and O–H groups in total. The second kappa shape index (κ2) is 9.61. The van der Waals surface area contributed by atoms with E-state index in [0.29, 0.717) is 25.7 Å². The molecule has 126 valence electrons. The fourth-order valence-electron chi connectivity index (χ4n) is 2.32. The first-order valence-electron chi connectivity index (χ1n) is 7.98. The van der Waals surface area contributed by atoms with Gasteiger partial charge < -0.3 is 15.4 Å². The van der Waals surface area contributed by atoms with Gasteiger partial charge in [0, 0.05) is 19.9 Å². The highest BCUT2D eigenvalue weighted by Gasteiger charge is 2.26. The van der Waals surface area contributed by atoms with Gasteiger partial charge in [-0.1, -0.05) is 19.9 Å². The van der Waals surface area contributed by atoms with Crippen molar-refractivity contribution in [1.82, 2.24) is 5.32 Å². The van der Waals surface area contributed by atoms with E-state index in [1.54, 1.807) is 7.05 Å². The molecule has 1 aliphatic rings. The summed E-state index contributed by atoms with van der Waals surface area (Å²) in [7, 11) is 1.80. The number of carbonyl (C=O) groups is 3. The summed E-state index contributed by atoms with van der Waals surface area (Å²) >= 11 is 0. The largest absolute Gasteiger partial charge is 0.386 e. The normalized spacial score (nSPS) is 16.7. The maximum absolute atomic E-state index is 11.8. The summed E-state index contributed by atoms with van der Waals surface area (Å²) in [5, 5.41) is 8.56. The minimum Gasteiger partial charge on any atom is -0.386 e. The average molecular weight is 319 g/mol. The zero-order valence-electron chi connectivity index (χ0n) is 13.9. The molecule has 1 unspecified atom stereocenters. The van der Waals surface area contributed by atoms with Crippen LogP contribution in [0.2, 0.25) is 0 Å². The molecule has 6 heteroatoms. The van der Waals surface area contributed by atoms with Gasteiger partial charge in [-0.3, -0.25) is 14.9 Å². The third-order valence-corrected chi connectivity index (χ3v) is 3.47. The Morgan fingerprint density at radius 3 is 2.61 bits per heavy atom. The van der Waals surface area contributed by atoms with Crippen molar-refractivity contribution in [3.8, 4) is 0 Å². The molecule has 1 atom stereocenters. The first-order chi connectivity index (χ1) is 11.1. The standard InChI is InChI=1S/C15H19N3O3.C2H6/c1-16-13-9-10(3-2-8-19)4-5-11(13)17-12-6-7-14(20)18-15(12)21;1-2/h4-5,8-9,12,16-17H,2-3,6-7H2,1H3,(H,18,20,21);1-2H3. The molecule has 0 aliphatic carbocycles. The van der Waals surface area contributed by atoms with E-state index in [1.807, 2.05) is 32.0 Å². The van der Waals surface area contributed by atoms with Gasteiger partial charge in [0.2, 0.25) is 11.8 Å². The van der Waals surface area contributed by atoms with Gasteiger partial charge in [0.15, 0.2) is 0 Å². The Kier molecular flexibility index (Phi) is 7.80. The van der Waals surface area contributed by atoms with Gasteiger partial charge in [-0.15, -0.1) is 0 Å². The maximum Gasteiger partial charge on any atom is 0.249 e. The van der Waals surface area contributed by atoms with Crippen LogP contribution in [-0.2, 0) is 20.8 Å². The molecule has 1 aliphatic heterocycles. The molecule has 6 nitrogen and oxygen atoms in total. The SMILES string of the molecule is CC.CNc1cc(CCC=O)ccc1NC1CCC(=O)NC1=O. The van der Waals surface area contributed by atoms with E-state index in [1.165, 1.54) is 0 Å². The summed E-state index contributed by atoms with van der Waals surface area (Å²) < 4.78 is 0. The molecular weight excluding hydrogens is 294 g/mol. The summed E-state index contributed by atoms with van der Waals surface area (Å²) in [6, 6.07) is 5.36. The molecule has 1 fully saturated rings. The quantitative estimate of drug-likeness (QED) is 0.552. The van der Waals surface area contributed by atoms with Crippen molar-refractivity contribution in [2.24, 2.45) is 0 Å². The van der Waals surface area contributed by atoms with Crippen molar-refractivity contribution in [3.05, 3.63) is 23.8 Å². The molecule has 0 aromatic heterocycles. The number of benzene rings is 1. The highest BCUT2D eigenvalue weighted by molar-refractivity contribution is 6.01. The predicted octanol–water partition coefficient (Wildman–Crippen LogP) is 2.10. The minimum absolute atomic E-state index is 0.226. The maximum atomic E-state index is 11.8. The van der Waals surface area contributed by atoms with Gasteiger partial charge in [0.25, 0.3) is 0 Å². The van der Waals surface area contributed by atoms with E-state index in [-0.39, 0.29) is 11.8 Å². The number of aldehydes is 1. The number of hydrogen-bond acceptors (Lipinski definition) is 5. The molecular formula is C17H25N3O3. The minimum atomic E-state index is -0.407. The Balaban J connectivity index is 0.00000127. The number of carbonyl (C=O) groups excluding carboxylic acids is 3. The number of imide groups is 1. The van der Waals surface area contributed by atoms with Crippen molar-refractivity contribution >= 4 is 29.5 Å². The summed E-state index contributed by atoms with van der Waals surface area (Å²) in [6.07, 6.45) is 2.91. The summed E-state index contributed by atoms with van der Waals surface area (Å²) in [6.45, 7) is 4.00. The van der Waals surface area contributed by atoms with Crippen LogP contribution >= 0.6 is 0 Å². The zero-order chi connectivity index (χ0) is 17.2. The van der Waals surface area contributed by atoms with Crippen LogP contribution in [0.15, 0.2) is 18.2 Å². The molecule has 0 radical (unpaired) electrons. The molecule has 1 saturated heterocycles. The molecule has 1 aromatic carbocycles. The number of aryl methyl sites for hydroxylation is 1. The third-order valence-electron chi connectivity index (χ3n) is 3.47. The van der Waals surface area contributed by atoms with Crippen LogP contribution in [0.3, 0.4) is 0 Å². The lowest BCUT2D eigenvalue weighted by Crippen LogP contribution is -2.47. The first kappa shape index (κ1) is 18.7. The Morgan fingerprint density at radius 2 is 2.00 bits per heavy atom. The zero-order valence-corrected chi connectivity index (χ0v) is 13.9. The summed E-state index contributed by atoms with van der Waals surface area (Å²) in [5.41, 5.74) is 2.73. The molecule has 1 heterocycles. The Hall–Kier alpha value is -2.37. The van der Waals surface area contributed by atoms with E-state index in [0.717, 1.165) is 23.2 Å². The summed E-state index contributed by atoms with van der Waals surface area (Å²) in [4.78, 5) is 33.3. The van der Waals surface area contributed by atoms with Crippen molar-refractivity contribution in [2.45, 2.75) is 45.6 Å². The van der Waals surface area contributed by atoms with E-state index < -0.39 is 6.04 Å². The van der Waals surface area contributed by atoms with E-state index in [4.69, 9.17) is 0 Å². The van der Waals surface area contributed by atoms with Crippen LogP contribution in [-0.4, -0.2) is 31.2 Å². The number of rotatable bonds is 6. The average Bonchev–Trinajstić information content (AvgIpc) is 2.58. The van der Waals surface area contributed by atoms with Crippen LogP contribution in [0.25, 0.3) is 0 Å². The topological polar surface area (TPSA) is 87.3 Å². The molecule has 0 bridgehead atoms. The van der Waals surface area contributed by atoms with Gasteiger partial charge in [-0.2, -0.15) is 0 Å². The second-order valence-corrected chi connectivity index (χ2v) is 4.98. The van der Waals surface area contributed by atoms with Gasteiger partial charge >= 0.3 is 0 Å². The highest BCUT2D eigenvalue weighted by atomic mass is 16.2. The number of nitrogens with one attached hydrogen (secondary N) is 3. The Bertz CT molecular complexity index is 558. The number of hydrogen-bond donors (Lipinski definition) is 3. The Morgan fingerprint density at radius 1 is 1.26 bits per heavy atom. The number of amides is 2. The fraction of sp³-hybridized carbons (Fsp3) is 0.471. The molecule has 0 saturated carbocycles. The van der Waals surface area contributed by atoms with Gasteiger partial charge in [-0.25, -0.2) is 0 Å². The third kappa shape index (κ3) is 5.39. The van der Waals surface area contributed by atoms with E-state index >= 15 is 0 Å². The molecule has 2 amide bonds. The van der Waals surface area contributed by atoms with E-state index in [2.05, 4.69) is 16.0 Å². The van der Waals surface area contributed by atoms with Crippen molar-refractivity contribution < 1.29 is 14.4 Å². The highest BCUT2D eigenvalue weighted by Crippen LogP contribution is 2.25. The lowest BCUT2D eigenvalue weighted by molar-refractivity contribution is -0.133. The van der Waals surface area contributed by atoms with Crippen LogP contribution in [0, 0.1) is 0 Å². The molecule has 1 aromatic rings. The van der Waals surface area contributed by atoms with E-state index in [9.17, 15) is 14.4 Å². The fourth-order valence-corrected chi connectivity index (χ4v) is 2.32. The predicted molar refractivity (Wildman–Crippen MR) is 91.5 cm³/mol. The lowest BCUT2D eigenvalue weighted by atomic mass is 10.0. The van der Waals surface area contributed by atoms with Crippen molar-refractivity contribution in [1.29, 1.82) is 0 Å². The monoisotopic (exact) mass is 319 g/mol. The molecule has 2 rings (SSSR count). The van der Waals surface area contributed by atoms with Crippen LogP contribution in [0.5, 0.6) is 0 Å². The Labute approximate surface area is 137 Å². The van der Waals surface area contributed by atoms with Crippen molar-refractivity contribution in [2.75, 3.05) is 17.7 Å². The van der Waals surface area contributed by atoms with Crippen LogP contribution in [0.1, 0.15) is 38.7 Å². The van der Waals surface area contributed by atoms with Gasteiger partial charge in [0.05, 0.1) is 11.4 Å². The van der Waals surface area contributed by atoms with Crippen molar-refractivity contribution in [3.63, 3.8) is 0 Å². The smallest absolute Gasteiger partial charge is 0.249 e. The van der Waals surface area contributed by atoms with Gasteiger partial charge in [-0.05, 0) is 30.5 Å². The van der Waals surface area contributed by atoms with Gasteiger partial charge in [0.1, 0.15) is 12.3 Å².